The van der Waals surface area contributed by atoms with Gasteiger partial charge in [0.25, 0.3) is 0 Å². The van der Waals surface area contributed by atoms with Crippen molar-refractivity contribution in [3.63, 3.8) is 0 Å². The Labute approximate surface area is 78.3 Å². The molecule has 0 aromatic heterocycles. The summed E-state index contributed by atoms with van der Waals surface area (Å²) in [5, 5.41) is 7.00. The van der Waals surface area contributed by atoms with Crippen LogP contribution >= 0.6 is 0 Å². The predicted octanol–water partition coefficient (Wildman–Crippen LogP) is 1.56. The van der Waals surface area contributed by atoms with E-state index in [2.05, 4.69) is 34.9 Å². The van der Waals surface area contributed by atoms with Gasteiger partial charge in [0.05, 0.1) is 0 Å². The fraction of sp³-hybridized carbons (Fsp3) is 0.455. The summed E-state index contributed by atoms with van der Waals surface area (Å²) in [5.74, 6) is 0.748. The minimum atomic E-state index is 0.631. The molecule has 2 atom stereocenters. The molecule has 1 aromatic rings. The summed E-state index contributed by atoms with van der Waals surface area (Å²) in [6.45, 7) is 2.27. The number of para-hydroxylation sites is 1. The first-order valence-corrected chi connectivity index (χ1v) is 5.01. The van der Waals surface area contributed by atoms with Crippen molar-refractivity contribution in [3.05, 3.63) is 29.8 Å². The highest BCUT2D eigenvalue weighted by Gasteiger charge is 2.33. The summed E-state index contributed by atoms with van der Waals surface area (Å²) in [7, 11) is 0. The second-order valence-corrected chi connectivity index (χ2v) is 3.94. The van der Waals surface area contributed by atoms with E-state index in [-0.39, 0.29) is 0 Å². The Morgan fingerprint density at radius 1 is 1.23 bits per heavy atom. The van der Waals surface area contributed by atoms with E-state index in [0.717, 1.165) is 19.0 Å². The quantitative estimate of drug-likeness (QED) is 0.623. The van der Waals surface area contributed by atoms with E-state index in [1.807, 2.05) is 0 Å². The summed E-state index contributed by atoms with van der Waals surface area (Å²) >= 11 is 0. The Balaban J connectivity index is 2.01. The van der Waals surface area contributed by atoms with Crippen LogP contribution in [0.25, 0.3) is 0 Å². The van der Waals surface area contributed by atoms with Crippen LogP contribution in [0.5, 0.6) is 0 Å². The van der Waals surface area contributed by atoms with Crippen molar-refractivity contribution in [1.82, 2.24) is 5.32 Å². The lowest BCUT2D eigenvalue weighted by Crippen LogP contribution is -2.40. The molecule has 2 N–H and O–H groups in total. The predicted molar refractivity (Wildman–Crippen MR) is 54.1 cm³/mol. The van der Waals surface area contributed by atoms with Crippen LogP contribution in [0, 0.1) is 0 Å². The van der Waals surface area contributed by atoms with E-state index in [1.165, 1.54) is 17.7 Å². The molecule has 1 fully saturated rings. The summed E-state index contributed by atoms with van der Waals surface area (Å²) in [6.07, 6.45) is 1.27. The fourth-order valence-electron chi connectivity index (χ4n) is 2.53. The van der Waals surface area contributed by atoms with Gasteiger partial charge in [-0.3, -0.25) is 0 Å². The summed E-state index contributed by atoms with van der Waals surface area (Å²) in [4.78, 5) is 0. The van der Waals surface area contributed by atoms with Crippen LogP contribution in [-0.4, -0.2) is 19.1 Å². The van der Waals surface area contributed by atoms with Gasteiger partial charge in [-0.05, 0) is 24.6 Å². The first kappa shape index (κ1) is 7.39. The normalized spacial score (nSPS) is 30.5. The summed E-state index contributed by atoms with van der Waals surface area (Å²) in [5.41, 5.74) is 2.87. The molecule has 2 nitrogen and oxygen atoms in total. The second-order valence-electron chi connectivity index (χ2n) is 3.94. The van der Waals surface area contributed by atoms with Crippen LogP contribution in [0.1, 0.15) is 17.9 Å². The maximum absolute atomic E-state index is 3.57. The number of rotatable bonds is 0. The monoisotopic (exact) mass is 174 g/mol. The van der Waals surface area contributed by atoms with Crippen molar-refractivity contribution in [2.45, 2.75) is 18.4 Å². The number of piperidine rings is 1. The topological polar surface area (TPSA) is 24.1 Å². The lowest BCUT2D eigenvalue weighted by Gasteiger charge is -2.26. The van der Waals surface area contributed by atoms with Crippen molar-refractivity contribution in [2.75, 3.05) is 18.4 Å². The third-order valence-corrected chi connectivity index (χ3v) is 3.18. The maximum atomic E-state index is 3.57. The van der Waals surface area contributed by atoms with Gasteiger partial charge in [0.1, 0.15) is 0 Å². The first-order valence-electron chi connectivity index (χ1n) is 5.01. The fourth-order valence-corrected chi connectivity index (χ4v) is 2.53. The van der Waals surface area contributed by atoms with E-state index in [9.17, 15) is 0 Å². The zero-order valence-corrected chi connectivity index (χ0v) is 7.59. The zero-order valence-electron chi connectivity index (χ0n) is 7.59. The Morgan fingerprint density at radius 3 is 3.15 bits per heavy atom. The molecule has 13 heavy (non-hydrogen) atoms. The Morgan fingerprint density at radius 2 is 2.15 bits per heavy atom. The average molecular weight is 174 g/mol. The molecular formula is C11H14N2. The van der Waals surface area contributed by atoms with Crippen LogP contribution in [0.2, 0.25) is 0 Å². The van der Waals surface area contributed by atoms with Crippen LogP contribution in [0.3, 0.4) is 0 Å². The molecule has 2 heteroatoms. The van der Waals surface area contributed by atoms with Gasteiger partial charge < -0.3 is 10.6 Å². The molecule has 0 spiro atoms. The van der Waals surface area contributed by atoms with E-state index >= 15 is 0 Å². The van der Waals surface area contributed by atoms with Crippen molar-refractivity contribution >= 4 is 5.69 Å². The Hall–Kier alpha value is -1.02. The molecule has 0 aliphatic carbocycles. The second kappa shape index (κ2) is 2.74. The number of nitrogens with one attached hydrogen (secondary N) is 2. The zero-order chi connectivity index (χ0) is 8.67. The van der Waals surface area contributed by atoms with Gasteiger partial charge in [-0.2, -0.15) is 0 Å². The molecule has 2 heterocycles. The third-order valence-electron chi connectivity index (χ3n) is 3.18. The Kier molecular flexibility index (Phi) is 1.56. The Bertz CT molecular complexity index is 322. The molecule has 2 aliphatic heterocycles. The molecule has 0 radical (unpaired) electrons. The average Bonchev–Trinajstić information content (AvgIpc) is 2.56. The van der Waals surface area contributed by atoms with Gasteiger partial charge in [-0.25, -0.2) is 0 Å². The van der Waals surface area contributed by atoms with Gasteiger partial charge in [-0.15, -0.1) is 0 Å². The molecule has 2 aliphatic rings. The molecule has 0 amide bonds. The van der Waals surface area contributed by atoms with Crippen molar-refractivity contribution in [1.29, 1.82) is 0 Å². The van der Waals surface area contributed by atoms with Gasteiger partial charge in [0, 0.05) is 24.2 Å². The van der Waals surface area contributed by atoms with Crippen LogP contribution in [-0.2, 0) is 0 Å². The van der Waals surface area contributed by atoms with Gasteiger partial charge in [0.15, 0.2) is 0 Å². The van der Waals surface area contributed by atoms with Crippen LogP contribution in [0.15, 0.2) is 24.3 Å². The lowest BCUT2D eigenvalue weighted by molar-refractivity contribution is 0.439. The molecule has 0 unspecified atom stereocenters. The highest BCUT2D eigenvalue weighted by molar-refractivity contribution is 5.59. The maximum Gasteiger partial charge on any atom is 0.0455 e. The molecule has 0 bridgehead atoms. The highest BCUT2D eigenvalue weighted by atomic mass is 15.0. The molecule has 3 rings (SSSR count). The number of hydrogen-bond acceptors (Lipinski definition) is 2. The standard InChI is InChI=1S/C11H14N2/c1-2-4-10-8(3-1)9-5-6-12-7-11(9)13-10/h1-4,9,11-13H,5-7H2/t9-,11-/m0/s1. The van der Waals surface area contributed by atoms with Crippen molar-refractivity contribution in [2.24, 2.45) is 0 Å². The smallest absolute Gasteiger partial charge is 0.0455 e. The molecule has 68 valence electrons. The number of hydrogen-bond donors (Lipinski definition) is 2. The third kappa shape index (κ3) is 1.05. The highest BCUT2D eigenvalue weighted by Crippen LogP contribution is 2.38. The summed E-state index contributed by atoms with van der Waals surface area (Å²) in [6, 6.07) is 9.33. The van der Waals surface area contributed by atoms with Gasteiger partial charge in [-0.1, -0.05) is 18.2 Å². The van der Waals surface area contributed by atoms with E-state index in [1.54, 1.807) is 0 Å². The largest absolute Gasteiger partial charge is 0.380 e. The minimum absolute atomic E-state index is 0.631. The SMILES string of the molecule is c1ccc2c(c1)N[C@H]1CNCC[C@@H]21. The molecule has 0 saturated carbocycles. The van der Waals surface area contributed by atoms with Gasteiger partial charge >= 0.3 is 0 Å². The van der Waals surface area contributed by atoms with E-state index in [4.69, 9.17) is 0 Å². The molecule has 1 aromatic carbocycles. The summed E-state index contributed by atoms with van der Waals surface area (Å²) < 4.78 is 0. The molecule has 1 saturated heterocycles. The van der Waals surface area contributed by atoms with Crippen molar-refractivity contribution in [3.8, 4) is 0 Å². The minimum Gasteiger partial charge on any atom is -0.380 e. The first-order chi connectivity index (χ1) is 6.45. The number of benzene rings is 1. The van der Waals surface area contributed by atoms with Crippen LogP contribution < -0.4 is 10.6 Å². The number of anilines is 1. The van der Waals surface area contributed by atoms with Crippen LogP contribution in [0.4, 0.5) is 5.69 Å². The van der Waals surface area contributed by atoms with Crippen molar-refractivity contribution < 1.29 is 0 Å². The van der Waals surface area contributed by atoms with E-state index in [0.29, 0.717) is 6.04 Å². The molecular weight excluding hydrogens is 160 g/mol. The van der Waals surface area contributed by atoms with Gasteiger partial charge in [0.2, 0.25) is 0 Å². The lowest BCUT2D eigenvalue weighted by atomic mass is 9.89. The van der Waals surface area contributed by atoms with E-state index < -0.39 is 0 Å². The number of fused-ring (bicyclic) bond motifs is 3.